The molecule has 3 fully saturated rings. The highest BCUT2D eigenvalue weighted by molar-refractivity contribution is 5.90. The average molecular weight is 1530 g/mol. The Morgan fingerprint density at radius 2 is 0.748 bits per heavy atom. The lowest BCUT2D eigenvalue weighted by Gasteiger charge is -2.32. The molecule has 0 radical (unpaired) electrons. The average Bonchev–Trinajstić information content (AvgIpc) is 1.67. The molecular weight excluding hydrogens is 1440 g/mol. The van der Waals surface area contributed by atoms with Crippen LogP contribution in [0.3, 0.4) is 0 Å². The number of methoxy groups -OCH3 is 1. The number of rotatable bonds is 20. The number of anilines is 3. The number of nitrogens with zero attached hydrogens (tertiary/aromatic N) is 22. The number of ether oxygens (including phenoxy) is 4. The molecule has 12 aromatic heterocycles. The Labute approximate surface area is 669 Å². The second-order valence-corrected chi connectivity index (χ2v) is 28.7. The van der Waals surface area contributed by atoms with E-state index in [0.717, 1.165) is 210 Å². The SMILES string of the molecule is CN(C)CC#CCCOC1CCN(c2ccc(-c3cc(-c4cnn(C)c4)cn4ncc(C#N)c34)cn2)CC1.COCC#CCCOC1CCN(c2ccc(-c3cc(-c4cnn(C)c4)cn4ncc(C#N)c34)cn2)CC1.Cn1cc(-c2cc(-c3ccc(N4CCC(OCCC#Cc5ccccc5)CC4)nc3)c3c(C#N)cnn3c2)cn1. The Bertz CT molecular complexity index is 5800. The molecule has 0 bridgehead atoms. The molecular formula is C89H90N22O4. The quantitative estimate of drug-likeness (QED) is 0.0507. The summed E-state index contributed by atoms with van der Waals surface area (Å²) >= 11 is 0. The number of hydrogen-bond donors (Lipinski definition) is 0. The fraction of sp³-hybridized carbons (Fsp3) is 0.326. The molecule has 580 valence electrons. The van der Waals surface area contributed by atoms with Crippen LogP contribution in [0.1, 0.15) is 80.0 Å². The van der Waals surface area contributed by atoms with E-state index >= 15 is 0 Å². The van der Waals surface area contributed by atoms with E-state index in [1.807, 2.05) is 140 Å². The molecule has 3 aliphatic rings. The standard InChI is InChI=1S/C32H29N7O.C29H32N8O.C28H29N7O2/c1-37-22-28(21-35-37)26-17-30(32-27(18-33)20-36-39(32)23-26)25-10-11-31(34-19-25)38-14-12-29(13-15-38)40-16-6-5-9-24-7-3-2-4-8-24;1-34(2)11-5-4-6-14-38-26-9-12-36(13-10-26)28-8-7-22(17-31-28)27-15-23(25-19-32-35(3)20-25)21-37-29(27)24(16-30)18-33-37;1-33-19-24(18-31-33)22-14-26(28-23(15-29)17-32-35(28)20-22)21-6-7-27(30-16-21)34-10-8-25(9-11-34)37-13-5-3-4-12-36-2/h2-4,7-8,10-11,17,19-23,29H,6,12-16H2,1H3;7-8,15,17-21,26H,6,9-14H2,1-3H3;6-7,14,16-20,25H,5,8-13H2,1-2H3. The van der Waals surface area contributed by atoms with Gasteiger partial charge in [0.25, 0.3) is 0 Å². The fourth-order valence-electron chi connectivity index (χ4n) is 14.4. The molecule has 0 atom stereocenters. The van der Waals surface area contributed by atoms with Crippen molar-refractivity contribution >= 4 is 34.0 Å². The summed E-state index contributed by atoms with van der Waals surface area (Å²) in [6, 6.07) is 35.5. The van der Waals surface area contributed by atoms with Gasteiger partial charge in [-0.1, -0.05) is 53.7 Å². The van der Waals surface area contributed by atoms with Crippen LogP contribution in [0.2, 0.25) is 0 Å². The summed E-state index contributed by atoms with van der Waals surface area (Å²) in [6.07, 6.45) is 36.5. The van der Waals surface area contributed by atoms with Crippen LogP contribution in [0.25, 0.3) is 83.3 Å². The lowest BCUT2D eigenvalue weighted by molar-refractivity contribution is 0.0405. The smallest absolute Gasteiger partial charge is 0.128 e. The first-order valence-corrected chi connectivity index (χ1v) is 38.6. The first-order chi connectivity index (χ1) is 56.3. The van der Waals surface area contributed by atoms with Crippen LogP contribution in [0, 0.1) is 69.5 Å². The van der Waals surface area contributed by atoms with Crippen molar-refractivity contribution in [2.45, 2.75) is 76.1 Å². The van der Waals surface area contributed by atoms with Crippen molar-refractivity contribution in [1.29, 1.82) is 15.8 Å². The molecule has 0 spiro atoms. The van der Waals surface area contributed by atoms with Crippen molar-refractivity contribution in [2.24, 2.45) is 21.1 Å². The van der Waals surface area contributed by atoms with Crippen molar-refractivity contribution < 1.29 is 18.9 Å². The first-order valence-electron chi connectivity index (χ1n) is 38.6. The summed E-state index contributed by atoms with van der Waals surface area (Å²) in [4.78, 5) is 23.4. The van der Waals surface area contributed by atoms with Crippen LogP contribution in [0.15, 0.2) is 178 Å². The highest BCUT2D eigenvalue weighted by Gasteiger charge is 2.26. The third-order valence-corrected chi connectivity index (χ3v) is 20.4. The van der Waals surface area contributed by atoms with Crippen LogP contribution < -0.4 is 14.7 Å². The van der Waals surface area contributed by atoms with E-state index in [1.165, 1.54) is 0 Å². The minimum atomic E-state index is 0.254. The predicted molar refractivity (Wildman–Crippen MR) is 443 cm³/mol. The lowest BCUT2D eigenvalue weighted by atomic mass is 10.0. The monoisotopic (exact) mass is 1530 g/mol. The van der Waals surface area contributed by atoms with Crippen molar-refractivity contribution in [3.05, 3.63) is 200 Å². The second-order valence-electron chi connectivity index (χ2n) is 28.7. The molecule has 26 heteroatoms. The number of pyridine rings is 6. The van der Waals surface area contributed by atoms with Gasteiger partial charge in [0.1, 0.15) is 42.3 Å². The van der Waals surface area contributed by atoms with Crippen LogP contribution in [-0.2, 0) is 40.1 Å². The number of hydrogen-bond acceptors (Lipinski definition) is 20. The van der Waals surface area contributed by atoms with E-state index < -0.39 is 0 Å². The van der Waals surface area contributed by atoms with Gasteiger partial charge in [0.05, 0.1) is 115 Å². The van der Waals surface area contributed by atoms with E-state index in [9.17, 15) is 15.8 Å². The summed E-state index contributed by atoms with van der Waals surface area (Å²) in [6.45, 7) is 8.65. The van der Waals surface area contributed by atoms with E-state index in [2.05, 4.69) is 159 Å². The number of fused-ring (bicyclic) bond motifs is 3. The predicted octanol–water partition coefficient (Wildman–Crippen LogP) is 12.4. The van der Waals surface area contributed by atoms with Gasteiger partial charge in [-0.05, 0) is 119 Å². The number of aryl methyl sites for hydroxylation is 3. The third-order valence-electron chi connectivity index (χ3n) is 20.4. The van der Waals surface area contributed by atoms with Gasteiger partial charge >= 0.3 is 0 Å². The summed E-state index contributed by atoms with van der Waals surface area (Å²) < 4.78 is 33.7. The second kappa shape index (κ2) is 37.8. The van der Waals surface area contributed by atoms with Crippen LogP contribution in [0.5, 0.6) is 0 Å². The highest BCUT2D eigenvalue weighted by atomic mass is 16.5. The Balaban J connectivity index is 0.000000143. The summed E-state index contributed by atoms with van der Waals surface area (Å²) in [5.74, 6) is 21.6. The summed E-state index contributed by atoms with van der Waals surface area (Å²) in [7, 11) is 11.4. The number of benzene rings is 1. The van der Waals surface area contributed by atoms with Gasteiger partial charge in [-0.15, -0.1) is 0 Å². The van der Waals surface area contributed by atoms with Gasteiger partial charge < -0.3 is 33.6 Å². The molecule has 0 amide bonds. The topological polar surface area (TPSA) is 265 Å². The van der Waals surface area contributed by atoms with Crippen molar-refractivity contribution in [3.63, 3.8) is 0 Å². The Hall–Kier alpha value is -13.3. The van der Waals surface area contributed by atoms with Gasteiger partial charge in [0.15, 0.2) is 0 Å². The fourth-order valence-corrected chi connectivity index (χ4v) is 14.4. The zero-order valence-corrected chi connectivity index (χ0v) is 65.6. The van der Waals surface area contributed by atoms with E-state index in [-0.39, 0.29) is 18.3 Å². The normalized spacial score (nSPS) is 13.9. The molecule has 0 unspecified atom stereocenters. The molecule has 16 rings (SSSR count). The first kappa shape index (κ1) is 78.4. The third kappa shape index (κ3) is 19.6. The van der Waals surface area contributed by atoms with E-state index in [1.54, 1.807) is 53.3 Å². The molecule has 1 aromatic carbocycles. The number of nitriles is 3. The zero-order chi connectivity index (χ0) is 79.4. The highest BCUT2D eigenvalue weighted by Crippen LogP contribution is 2.37. The van der Waals surface area contributed by atoms with Crippen molar-refractivity contribution in [1.82, 2.24) is 78.0 Å². The Morgan fingerprint density at radius 1 is 0.391 bits per heavy atom. The zero-order valence-electron chi connectivity index (χ0n) is 65.6. The molecule has 0 saturated carbocycles. The van der Waals surface area contributed by atoms with E-state index in [0.29, 0.717) is 43.1 Å². The van der Waals surface area contributed by atoms with Crippen molar-refractivity contribution in [3.8, 4) is 120 Å². The van der Waals surface area contributed by atoms with Gasteiger partial charge in [0, 0.05) is 215 Å². The Kier molecular flexibility index (Phi) is 25.8. The van der Waals surface area contributed by atoms with Gasteiger partial charge in [-0.3, -0.25) is 18.9 Å². The maximum absolute atomic E-state index is 9.69. The number of piperidine rings is 3. The molecule has 26 nitrogen and oxygen atoms in total. The molecule has 3 saturated heterocycles. The minimum Gasteiger partial charge on any atom is -0.377 e. The van der Waals surface area contributed by atoms with Crippen LogP contribution in [-0.4, -0.2) is 190 Å². The summed E-state index contributed by atoms with van der Waals surface area (Å²) in [5, 5.41) is 55.2. The molecule has 0 aliphatic carbocycles. The lowest BCUT2D eigenvalue weighted by Crippen LogP contribution is -2.37. The molecule has 15 heterocycles. The molecule has 0 N–H and O–H groups in total. The Morgan fingerprint density at radius 3 is 1.06 bits per heavy atom. The van der Waals surface area contributed by atoms with Crippen LogP contribution in [0.4, 0.5) is 17.5 Å². The number of aromatic nitrogens is 15. The molecule has 13 aromatic rings. The maximum atomic E-state index is 9.69. The molecule has 3 aliphatic heterocycles. The van der Waals surface area contributed by atoms with Crippen molar-refractivity contribution in [2.75, 3.05) is 108 Å². The summed E-state index contributed by atoms with van der Waals surface area (Å²) in [5.41, 5.74) is 16.4. The molecule has 115 heavy (non-hydrogen) atoms. The minimum absolute atomic E-state index is 0.254. The van der Waals surface area contributed by atoms with E-state index in [4.69, 9.17) is 33.9 Å². The van der Waals surface area contributed by atoms with Gasteiger partial charge in [-0.25, -0.2) is 28.5 Å². The van der Waals surface area contributed by atoms with Crippen LogP contribution >= 0.6 is 0 Å². The maximum Gasteiger partial charge on any atom is 0.128 e. The van der Waals surface area contributed by atoms with Gasteiger partial charge in [-0.2, -0.15) is 46.4 Å². The largest absolute Gasteiger partial charge is 0.377 e. The van der Waals surface area contributed by atoms with Gasteiger partial charge in [0.2, 0.25) is 0 Å².